The number of hydrogen-bond donors (Lipinski definition) is 2. The summed E-state index contributed by atoms with van der Waals surface area (Å²) in [6, 6.07) is 2.11. The summed E-state index contributed by atoms with van der Waals surface area (Å²) in [6.07, 6.45) is 0.127. The SMILES string of the molecule is O=C1CC(C(=O)Nc2c(Cl)cc(F)cc2Cl)CN1. The van der Waals surface area contributed by atoms with Crippen molar-refractivity contribution in [3.63, 3.8) is 0 Å². The van der Waals surface area contributed by atoms with Crippen molar-refractivity contribution in [3.8, 4) is 0 Å². The maximum atomic E-state index is 13.0. The quantitative estimate of drug-likeness (QED) is 0.877. The minimum absolute atomic E-state index is 0.0191. The van der Waals surface area contributed by atoms with Crippen molar-refractivity contribution < 1.29 is 14.0 Å². The highest BCUT2D eigenvalue weighted by atomic mass is 35.5. The van der Waals surface area contributed by atoms with E-state index in [-0.39, 0.29) is 40.5 Å². The fraction of sp³-hybridized carbons (Fsp3) is 0.273. The maximum Gasteiger partial charge on any atom is 0.229 e. The van der Waals surface area contributed by atoms with Gasteiger partial charge in [-0.25, -0.2) is 4.39 Å². The van der Waals surface area contributed by atoms with Crippen LogP contribution in [0.5, 0.6) is 0 Å². The zero-order valence-electron chi connectivity index (χ0n) is 9.10. The molecule has 1 aromatic rings. The molecule has 1 saturated heterocycles. The average molecular weight is 291 g/mol. The number of carbonyl (C=O) groups excluding carboxylic acids is 2. The Balaban J connectivity index is 2.14. The standard InChI is InChI=1S/C11H9Cl2FN2O2/c12-7-2-6(14)3-8(13)10(7)16-11(18)5-1-9(17)15-4-5/h2-3,5H,1,4H2,(H,15,17)(H,16,18). The fourth-order valence-corrected chi connectivity index (χ4v) is 2.23. The molecule has 1 aromatic carbocycles. The number of nitrogens with one attached hydrogen (secondary N) is 2. The summed E-state index contributed by atoms with van der Waals surface area (Å²) in [6.45, 7) is 0.279. The summed E-state index contributed by atoms with van der Waals surface area (Å²) < 4.78 is 13.0. The number of carbonyl (C=O) groups is 2. The van der Waals surface area contributed by atoms with Crippen LogP contribution in [0.1, 0.15) is 6.42 Å². The Bertz CT molecular complexity index is 499. The van der Waals surface area contributed by atoms with Gasteiger partial charge in [0.25, 0.3) is 0 Å². The largest absolute Gasteiger partial charge is 0.355 e. The van der Waals surface area contributed by atoms with Crippen molar-refractivity contribution in [1.29, 1.82) is 0 Å². The first-order valence-electron chi connectivity index (χ1n) is 5.19. The molecule has 4 nitrogen and oxygen atoms in total. The number of benzene rings is 1. The molecule has 0 bridgehead atoms. The number of halogens is 3. The van der Waals surface area contributed by atoms with Gasteiger partial charge in [0.1, 0.15) is 5.82 Å². The van der Waals surface area contributed by atoms with Crippen LogP contribution < -0.4 is 10.6 Å². The molecule has 1 fully saturated rings. The van der Waals surface area contributed by atoms with E-state index in [1.165, 1.54) is 0 Å². The van der Waals surface area contributed by atoms with E-state index in [1.54, 1.807) is 0 Å². The van der Waals surface area contributed by atoms with E-state index in [2.05, 4.69) is 10.6 Å². The second-order valence-corrected chi connectivity index (χ2v) is 4.75. The van der Waals surface area contributed by atoms with E-state index >= 15 is 0 Å². The minimum Gasteiger partial charge on any atom is -0.355 e. The highest BCUT2D eigenvalue weighted by molar-refractivity contribution is 6.39. The van der Waals surface area contributed by atoms with Crippen molar-refractivity contribution in [2.45, 2.75) is 6.42 Å². The van der Waals surface area contributed by atoms with Gasteiger partial charge >= 0.3 is 0 Å². The maximum absolute atomic E-state index is 13.0. The normalized spacial score (nSPS) is 18.6. The molecule has 0 aliphatic carbocycles. The zero-order valence-corrected chi connectivity index (χ0v) is 10.6. The Morgan fingerprint density at radius 3 is 2.50 bits per heavy atom. The molecule has 1 aliphatic rings. The molecule has 1 unspecified atom stereocenters. The van der Waals surface area contributed by atoms with Gasteiger partial charge in [-0.15, -0.1) is 0 Å². The van der Waals surface area contributed by atoms with Crippen LogP contribution in [0.2, 0.25) is 10.0 Å². The van der Waals surface area contributed by atoms with Crippen LogP contribution in [0, 0.1) is 11.7 Å². The summed E-state index contributed by atoms with van der Waals surface area (Å²) >= 11 is 11.6. The van der Waals surface area contributed by atoms with Gasteiger partial charge in [0.2, 0.25) is 11.8 Å². The molecule has 18 heavy (non-hydrogen) atoms. The lowest BCUT2D eigenvalue weighted by Crippen LogP contribution is -2.25. The molecule has 96 valence electrons. The number of rotatable bonds is 2. The Hall–Kier alpha value is -1.33. The zero-order chi connectivity index (χ0) is 13.3. The third kappa shape index (κ3) is 2.73. The summed E-state index contributed by atoms with van der Waals surface area (Å²) in [5, 5.41) is 5.09. The van der Waals surface area contributed by atoms with E-state index in [1.807, 2.05) is 0 Å². The Kier molecular flexibility index (Phi) is 3.73. The van der Waals surface area contributed by atoms with Gasteiger partial charge < -0.3 is 10.6 Å². The third-order valence-electron chi connectivity index (χ3n) is 2.60. The molecule has 2 N–H and O–H groups in total. The van der Waals surface area contributed by atoms with E-state index in [0.717, 1.165) is 12.1 Å². The molecule has 0 aromatic heterocycles. The molecular weight excluding hydrogens is 282 g/mol. The lowest BCUT2D eigenvalue weighted by atomic mass is 10.1. The Morgan fingerprint density at radius 2 is 2.00 bits per heavy atom. The highest BCUT2D eigenvalue weighted by Gasteiger charge is 2.28. The van der Waals surface area contributed by atoms with Crippen molar-refractivity contribution in [3.05, 3.63) is 28.0 Å². The molecule has 2 amide bonds. The van der Waals surface area contributed by atoms with E-state index in [9.17, 15) is 14.0 Å². The lowest BCUT2D eigenvalue weighted by Gasteiger charge is -2.12. The minimum atomic E-state index is -0.583. The third-order valence-corrected chi connectivity index (χ3v) is 3.20. The summed E-state index contributed by atoms with van der Waals surface area (Å²) in [5.41, 5.74) is 0.157. The first-order chi connectivity index (χ1) is 8.47. The molecule has 2 rings (SSSR count). The van der Waals surface area contributed by atoms with Crippen LogP contribution in [-0.4, -0.2) is 18.4 Å². The van der Waals surface area contributed by atoms with E-state index < -0.39 is 11.7 Å². The van der Waals surface area contributed by atoms with Crippen molar-refractivity contribution >= 4 is 40.7 Å². The Labute approximate surface area is 112 Å². The second-order valence-electron chi connectivity index (χ2n) is 3.94. The lowest BCUT2D eigenvalue weighted by molar-refractivity contribution is -0.123. The van der Waals surface area contributed by atoms with E-state index in [4.69, 9.17) is 23.2 Å². The monoisotopic (exact) mass is 290 g/mol. The average Bonchev–Trinajstić information content (AvgIpc) is 2.70. The Morgan fingerprint density at radius 1 is 1.39 bits per heavy atom. The molecule has 0 saturated carbocycles. The van der Waals surface area contributed by atoms with Crippen molar-refractivity contribution in [1.82, 2.24) is 5.32 Å². The van der Waals surface area contributed by atoms with Gasteiger partial charge in [0.15, 0.2) is 0 Å². The molecule has 0 spiro atoms. The van der Waals surface area contributed by atoms with Crippen LogP contribution in [-0.2, 0) is 9.59 Å². The summed E-state index contributed by atoms with van der Waals surface area (Å²) in [5.74, 6) is -1.59. The smallest absolute Gasteiger partial charge is 0.229 e. The van der Waals surface area contributed by atoms with Crippen LogP contribution in [0.3, 0.4) is 0 Å². The predicted octanol–water partition coefficient (Wildman–Crippen LogP) is 2.21. The predicted molar refractivity (Wildman–Crippen MR) is 66.2 cm³/mol. The highest BCUT2D eigenvalue weighted by Crippen LogP contribution is 2.31. The first-order valence-corrected chi connectivity index (χ1v) is 5.95. The van der Waals surface area contributed by atoms with Gasteiger partial charge in [-0.3, -0.25) is 9.59 Å². The summed E-state index contributed by atoms with van der Waals surface area (Å²) in [4.78, 5) is 22.8. The van der Waals surface area contributed by atoms with Gasteiger partial charge in [-0.1, -0.05) is 23.2 Å². The number of amides is 2. The van der Waals surface area contributed by atoms with Gasteiger partial charge in [0.05, 0.1) is 21.7 Å². The van der Waals surface area contributed by atoms with Crippen LogP contribution in [0.25, 0.3) is 0 Å². The second kappa shape index (κ2) is 5.12. The van der Waals surface area contributed by atoms with E-state index in [0.29, 0.717) is 0 Å². The van der Waals surface area contributed by atoms with Crippen LogP contribution in [0.15, 0.2) is 12.1 Å². The fourth-order valence-electron chi connectivity index (χ4n) is 1.68. The number of hydrogen-bond acceptors (Lipinski definition) is 2. The molecule has 1 atom stereocenters. The molecular formula is C11H9Cl2FN2O2. The number of anilines is 1. The van der Waals surface area contributed by atoms with Gasteiger partial charge in [-0.05, 0) is 12.1 Å². The molecule has 1 aliphatic heterocycles. The van der Waals surface area contributed by atoms with Gasteiger partial charge in [-0.2, -0.15) is 0 Å². The topological polar surface area (TPSA) is 58.2 Å². The van der Waals surface area contributed by atoms with Crippen molar-refractivity contribution in [2.24, 2.45) is 5.92 Å². The molecule has 7 heteroatoms. The first kappa shape index (κ1) is 13.1. The summed E-state index contributed by atoms with van der Waals surface area (Å²) in [7, 11) is 0. The van der Waals surface area contributed by atoms with Crippen LogP contribution in [0.4, 0.5) is 10.1 Å². The van der Waals surface area contributed by atoms with Gasteiger partial charge in [0, 0.05) is 13.0 Å². The van der Waals surface area contributed by atoms with Crippen LogP contribution >= 0.6 is 23.2 Å². The molecule has 1 heterocycles. The van der Waals surface area contributed by atoms with Crippen molar-refractivity contribution in [2.75, 3.05) is 11.9 Å². The molecule has 0 radical (unpaired) electrons.